The quantitative estimate of drug-likeness (QED) is 0.286. The van der Waals surface area contributed by atoms with E-state index in [1.807, 2.05) is 18.0 Å². The summed E-state index contributed by atoms with van der Waals surface area (Å²) in [5, 5.41) is 9.71. The van der Waals surface area contributed by atoms with Crippen LogP contribution in [0.15, 0.2) is 18.2 Å². The number of aliphatic hydroxyl groups excluding tert-OH is 1. The molecule has 7 nitrogen and oxygen atoms in total. The van der Waals surface area contributed by atoms with Crippen molar-refractivity contribution >= 4 is 29.1 Å². The molecule has 1 aromatic rings. The average molecular weight is 574 g/mol. The monoisotopic (exact) mass is 572 g/mol. The Balaban J connectivity index is 1.53. The van der Waals surface area contributed by atoms with Gasteiger partial charge < -0.3 is 24.2 Å². The van der Waals surface area contributed by atoms with E-state index < -0.39 is 0 Å². The van der Waals surface area contributed by atoms with Gasteiger partial charge in [-0.25, -0.2) is 0 Å². The summed E-state index contributed by atoms with van der Waals surface area (Å²) in [5.41, 5.74) is 1.13. The molecule has 1 saturated carbocycles. The van der Waals surface area contributed by atoms with Crippen molar-refractivity contribution < 1.29 is 24.1 Å². The molecule has 1 aliphatic heterocycles. The molecule has 0 aromatic heterocycles. The second kappa shape index (κ2) is 16.4. The largest absolute Gasteiger partial charge is 0.394 e. The highest BCUT2D eigenvalue weighted by molar-refractivity contribution is 6.42. The van der Waals surface area contributed by atoms with Gasteiger partial charge in [-0.3, -0.25) is 9.69 Å². The molecule has 216 valence electrons. The summed E-state index contributed by atoms with van der Waals surface area (Å²) in [6.07, 6.45) is 8.16. The van der Waals surface area contributed by atoms with Gasteiger partial charge in [-0.1, -0.05) is 42.6 Å². The molecular formula is C29H46Cl2N2O5. The molecule has 1 amide bonds. The van der Waals surface area contributed by atoms with Crippen LogP contribution < -0.4 is 0 Å². The first-order valence-corrected chi connectivity index (χ1v) is 14.9. The highest BCUT2D eigenvalue weighted by atomic mass is 35.5. The maximum atomic E-state index is 13.4. The fourth-order valence-electron chi connectivity index (χ4n) is 5.98. The van der Waals surface area contributed by atoms with Gasteiger partial charge in [0.25, 0.3) is 0 Å². The zero-order chi connectivity index (χ0) is 27.4. The summed E-state index contributed by atoms with van der Waals surface area (Å²) in [4.78, 5) is 18.0. The first-order chi connectivity index (χ1) is 18.4. The van der Waals surface area contributed by atoms with Crippen molar-refractivity contribution in [2.24, 2.45) is 5.41 Å². The molecule has 3 rings (SSSR count). The van der Waals surface area contributed by atoms with Gasteiger partial charge >= 0.3 is 0 Å². The van der Waals surface area contributed by atoms with Crippen molar-refractivity contribution in [2.45, 2.75) is 70.4 Å². The van der Waals surface area contributed by atoms with Crippen molar-refractivity contribution in [3.63, 3.8) is 0 Å². The summed E-state index contributed by atoms with van der Waals surface area (Å²) in [7, 11) is 1.98. The van der Waals surface area contributed by atoms with Crippen molar-refractivity contribution in [1.82, 2.24) is 9.80 Å². The lowest BCUT2D eigenvalue weighted by molar-refractivity contribution is -0.134. The maximum absolute atomic E-state index is 13.4. The van der Waals surface area contributed by atoms with E-state index >= 15 is 0 Å². The Morgan fingerprint density at radius 1 is 1.05 bits per heavy atom. The van der Waals surface area contributed by atoms with Crippen molar-refractivity contribution in [3.05, 3.63) is 33.8 Å². The van der Waals surface area contributed by atoms with Crippen LogP contribution in [0.25, 0.3) is 0 Å². The van der Waals surface area contributed by atoms with Crippen LogP contribution in [0.5, 0.6) is 0 Å². The number of likely N-dealkylation sites (N-methyl/N-ethyl adjacent to an activating group) is 1. The zero-order valence-electron chi connectivity index (χ0n) is 23.1. The van der Waals surface area contributed by atoms with E-state index in [0.717, 1.165) is 57.4 Å². The van der Waals surface area contributed by atoms with Crippen LogP contribution in [0, 0.1) is 5.41 Å². The number of nitrogens with zero attached hydrogens (tertiary/aromatic N) is 2. The standard InChI is InChI=1S/C29H46Cl2N2O5/c1-3-29(10-14-36-16-18-38-19-17-37-15-13-34)9-8-26(27(22-29)33-11-4-5-12-33)32(2)28(35)21-23-6-7-24(30)25(31)20-23/h6-7,20,26-27,34H,3-5,8-19,21-22H2,1-2H3/t26-,27-,29?/m1/s1. The van der Waals surface area contributed by atoms with Gasteiger partial charge in [0.1, 0.15) is 0 Å². The first-order valence-electron chi connectivity index (χ1n) is 14.2. The van der Waals surface area contributed by atoms with Crippen LogP contribution in [0.3, 0.4) is 0 Å². The predicted octanol–water partition coefficient (Wildman–Crippen LogP) is 4.84. The Hall–Kier alpha value is -0.930. The molecule has 0 radical (unpaired) electrons. The number of likely N-dealkylation sites (tertiary alicyclic amines) is 1. The number of rotatable bonds is 16. The highest BCUT2D eigenvalue weighted by Crippen LogP contribution is 2.45. The molecule has 2 aliphatic rings. The summed E-state index contributed by atoms with van der Waals surface area (Å²) in [5.74, 6) is 0.131. The molecule has 9 heteroatoms. The van der Waals surface area contributed by atoms with Gasteiger partial charge in [0.05, 0.1) is 56.1 Å². The van der Waals surface area contributed by atoms with Gasteiger partial charge in [-0.2, -0.15) is 0 Å². The SMILES string of the molecule is CCC1(CCOCCOCCOCCO)CC[C@@H](N(C)C(=O)Cc2ccc(Cl)c(Cl)c2)[C@H](N2CCCC2)C1. The van der Waals surface area contributed by atoms with Gasteiger partial charge in [-0.15, -0.1) is 0 Å². The minimum absolute atomic E-state index is 0.0347. The number of carbonyl (C=O) groups excluding carboxylic acids is 1. The Bertz CT molecular complexity index is 854. The lowest BCUT2D eigenvalue weighted by Gasteiger charge is -2.50. The minimum Gasteiger partial charge on any atom is -0.394 e. The van der Waals surface area contributed by atoms with E-state index in [1.54, 1.807) is 12.1 Å². The summed E-state index contributed by atoms with van der Waals surface area (Å²) < 4.78 is 16.7. The van der Waals surface area contributed by atoms with Crippen LogP contribution in [-0.4, -0.2) is 99.3 Å². The Labute approximate surface area is 238 Å². The number of benzene rings is 1. The predicted molar refractivity (Wildman–Crippen MR) is 152 cm³/mol. The third-order valence-corrected chi connectivity index (χ3v) is 9.14. The molecule has 1 saturated heterocycles. The number of halogens is 2. The topological polar surface area (TPSA) is 71.5 Å². The van der Waals surface area contributed by atoms with Gasteiger partial charge in [0.15, 0.2) is 0 Å². The van der Waals surface area contributed by atoms with Crippen molar-refractivity contribution in [3.8, 4) is 0 Å². The third-order valence-electron chi connectivity index (χ3n) is 8.40. The van der Waals surface area contributed by atoms with E-state index in [4.69, 9.17) is 42.5 Å². The van der Waals surface area contributed by atoms with Gasteiger partial charge in [0, 0.05) is 25.7 Å². The maximum Gasteiger partial charge on any atom is 0.227 e. The van der Waals surface area contributed by atoms with Gasteiger partial charge in [0.2, 0.25) is 5.91 Å². The van der Waals surface area contributed by atoms with Crippen LogP contribution in [0.1, 0.15) is 57.4 Å². The molecule has 1 aromatic carbocycles. The molecule has 0 spiro atoms. The first kappa shape index (κ1) is 31.6. The normalized spacial score (nSPS) is 24.1. The van der Waals surface area contributed by atoms with Crippen LogP contribution in [0.2, 0.25) is 10.0 Å². The summed E-state index contributed by atoms with van der Waals surface area (Å²) in [6.45, 7) is 7.76. The molecule has 1 unspecified atom stereocenters. The molecule has 1 N–H and O–H groups in total. The second-order valence-electron chi connectivity index (χ2n) is 10.7. The van der Waals surface area contributed by atoms with E-state index in [-0.39, 0.29) is 24.0 Å². The molecule has 1 heterocycles. The molecule has 2 fully saturated rings. The summed E-state index contributed by atoms with van der Waals surface area (Å²) in [6, 6.07) is 6.03. The number of aliphatic hydroxyl groups is 1. The Morgan fingerprint density at radius 2 is 1.71 bits per heavy atom. The lowest BCUT2D eigenvalue weighted by atomic mass is 9.66. The average Bonchev–Trinajstić information content (AvgIpc) is 3.46. The number of hydrogen-bond donors (Lipinski definition) is 1. The molecule has 3 atom stereocenters. The highest BCUT2D eigenvalue weighted by Gasteiger charge is 2.44. The minimum atomic E-state index is 0.0347. The number of hydrogen-bond acceptors (Lipinski definition) is 6. The van der Waals surface area contributed by atoms with Gasteiger partial charge in [-0.05, 0) is 74.7 Å². The summed E-state index contributed by atoms with van der Waals surface area (Å²) >= 11 is 12.3. The number of amides is 1. The van der Waals surface area contributed by atoms with Crippen LogP contribution in [0.4, 0.5) is 0 Å². The molecule has 0 bridgehead atoms. The van der Waals surface area contributed by atoms with Crippen molar-refractivity contribution in [1.29, 1.82) is 0 Å². The smallest absolute Gasteiger partial charge is 0.227 e. The Morgan fingerprint density at radius 3 is 2.34 bits per heavy atom. The van der Waals surface area contributed by atoms with E-state index in [9.17, 15) is 4.79 Å². The lowest BCUT2D eigenvalue weighted by Crippen LogP contribution is -2.56. The van der Waals surface area contributed by atoms with Crippen LogP contribution >= 0.6 is 23.2 Å². The third kappa shape index (κ3) is 9.33. The van der Waals surface area contributed by atoms with E-state index in [2.05, 4.69) is 11.8 Å². The fraction of sp³-hybridized carbons (Fsp3) is 0.759. The van der Waals surface area contributed by atoms with Crippen molar-refractivity contribution in [2.75, 3.05) is 66.4 Å². The second-order valence-corrected chi connectivity index (χ2v) is 11.5. The fourth-order valence-corrected chi connectivity index (χ4v) is 6.30. The molecule has 38 heavy (non-hydrogen) atoms. The number of ether oxygens (including phenoxy) is 3. The van der Waals surface area contributed by atoms with E-state index in [1.165, 1.54) is 12.8 Å². The van der Waals surface area contributed by atoms with Crippen LogP contribution in [-0.2, 0) is 25.4 Å². The Kier molecular flexibility index (Phi) is 13.6. The molecular weight excluding hydrogens is 527 g/mol. The zero-order valence-corrected chi connectivity index (χ0v) is 24.6. The number of carbonyl (C=O) groups is 1. The molecule has 1 aliphatic carbocycles. The van der Waals surface area contributed by atoms with E-state index in [0.29, 0.717) is 55.5 Å².